The van der Waals surface area contributed by atoms with Gasteiger partial charge in [-0.25, -0.2) is 4.79 Å². The first-order chi connectivity index (χ1) is 18.1. The van der Waals surface area contributed by atoms with Crippen LogP contribution in [0.25, 0.3) is 22.3 Å². The zero-order valence-electron chi connectivity index (χ0n) is 20.9. The van der Waals surface area contributed by atoms with Crippen molar-refractivity contribution < 1.29 is 27.8 Å². The second-order valence-electron chi connectivity index (χ2n) is 9.76. The average Bonchev–Trinajstić information content (AvgIpc) is 3.15. The van der Waals surface area contributed by atoms with E-state index in [4.69, 9.17) is 4.74 Å². The number of fused-ring (bicyclic) bond motifs is 1. The number of halogens is 3. The van der Waals surface area contributed by atoms with Crippen LogP contribution in [0.4, 0.5) is 23.8 Å². The Labute approximate surface area is 217 Å². The van der Waals surface area contributed by atoms with Gasteiger partial charge < -0.3 is 19.7 Å². The minimum absolute atomic E-state index is 0.0661. The number of anilines is 1. The third kappa shape index (κ3) is 5.29. The van der Waals surface area contributed by atoms with Crippen molar-refractivity contribution in [1.29, 1.82) is 0 Å². The summed E-state index contributed by atoms with van der Waals surface area (Å²) in [6, 6.07) is 14.5. The molecule has 0 radical (unpaired) electrons. The Morgan fingerprint density at radius 2 is 1.89 bits per heavy atom. The first-order valence-corrected chi connectivity index (χ1v) is 12.4. The highest BCUT2D eigenvalue weighted by atomic mass is 19.4. The third-order valence-electron chi connectivity index (χ3n) is 7.06. The lowest BCUT2D eigenvalue weighted by Crippen LogP contribution is -2.31. The quantitative estimate of drug-likeness (QED) is 0.250. The fourth-order valence-corrected chi connectivity index (χ4v) is 4.83. The molecule has 0 amide bonds. The van der Waals surface area contributed by atoms with E-state index in [1.807, 2.05) is 41.8 Å². The van der Waals surface area contributed by atoms with E-state index in [0.29, 0.717) is 28.3 Å². The smallest absolute Gasteiger partial charge is 0.449 e. The van der Waals surface area contributed by atoms with Gasteiger partial charge in [0.15, 0.2) is 5.82 Å². The maximum absolute atomic E-state index is 13.1. The molecular weight excluding hydrogens is 497 g/mol. The number of aryl methyl sites for hydroxylation is 1. The second kappa shape index (κ2) is 10.00. The molecule has 1 saturated carbocycles. The molecule has 7 nitrogen and oxygen atoms in total. The highest BCUT2D eigenvalue weighted by Gasteiger charge is 2.30. The Morgan fingerprint density at radius 1 is 1.16 bits per heavy atom. The number of carboxylic acid groups (broad SMARTS) is 1. The van der Waals surface area contributed by atoms with Gasteiger partial charge in [0.1, 0.15) is 5.52 Å². The zero-order valence-corrected chi connectivity index (χ0v) is 20.9. The summed E-state index contributed by atoms with van der Waals surface area (Å²) in [7, 11) is 0. The van der Waals surface area contributed by atoms with E-state index in [-0.39, 0.29) is 18.6 Å². The fourth-order valence-electron chi connectivity index (χ4n) is 4.83. The van der Waals surface area contributed by atoms with Crippen LogP contribution in [-0.2, 0) is 12.7 Å². The summed E-state index contributed by atoms with van der Waals surface area (Å²) in [5.74, 6) is 0.870. The van der Waals surface area contributed by atoms with E-state index >= 15 is 0 Å². The lowest BCUT2D eigenvalue weighted by atomic mass is 9.80. The van der Waals surface area contributed by atoms with Gasteiger partial charge in [-0.05, 0) is 68.0 Å². The Hall–Kier alpha value is -4.08. The van der Waals surface area contributed by atoms with E-state index in [0.717, 1.165) is 48.2 Å². The molecule has 2 aromatic carbocycles. The summed E-state index contributed by atoms with van der Waals surface area (Å²) < 4.78 is 46.2. The van der Waals surface area contributed by atoms with Crippen LogP contribution in [0, 0.1) is 12.8 Å². The van der Waals surface area contributed by atoms with Gasteiger partial charge in [0.05, 0.1) is 16.8 Å². The van der Waals surface area contributed by atoms with Gasteiger partial charge in [-0.3, -0.25) is 0 Å². The predicted molar refractivity (Wildman–Crippen MR) is 137 cm³/mol. The molecule has 5 rings (SSSR count). The second-order valence-corrected chi connectivity index (χ2v) is 9.76. The Morgan fingerprint density at radius 3 is 2.50 bits per heavy atom. The predicted octanol–water partition coefficient (Wildman–Crippen LogP) is 7.13. The molecule has 4 aromatic rings. The van der Waals surface area contributed by atoms with E-state index in [1.54, 1.807) is 0 Å². The first-order valence-electron chi connectivity index (χ1n) is 12.4. The van der Waals surface area contributed by atoms with Crippen LogP contribution in [0.1, 0.15) is 42.9 Å². The molecule has 0 bridgehead atoms. The minimum Gasteiger partial charge on any atom is -0.449 e. The zero-order chi connectivity index (χ0) is 27.0. The van der Waals surface area contributed by atoms with Crippen LogP contribution in [0.2, 0.25) is 0 Å². The summed E-state index contributed by atoms with van der Waals surface area (Å²) in [5, 5.41) is 12.6. The van der Waals surface area contributed by atoms with Crippen molar-refractivity contribution in [3.05, 3.63) is 71.3 Å². The first kappa shape index (κ1) is 25.6. The van der Waals surface area contributed by atoms with Crippen LogP contribution in [0.15, 0.2) is 54.6 Å². The number of benzene rings is 2. The number of rotatable bonds is 7. The number of hydrogen-bond donors (Lipinski definition) is 2. The van der Waals surface area contributed by atoms with Crippen molar-refractivity contribution in [2.24, 2.45) is 5.92 Å². The lowest BCUT2D eigenvalue weighted by molar-refractivity contribution is -0.137. The third-order valence-corrected chi connectivity index (χ3v) is 7.06. The fraction of sp³-hybridized carbons (Fsp3) is 0.321. The van der Waals surface area contributed by atoms with Gasteiger partial charge in [-0.1, -0.05) is 42.3 Å². The molecule has 1 aliphatic carbocycles. The van der Waals surface area contributed by atoms with Crippen molar-refractivity contribution in [2.75, 3.05) is 5.32 Å². The summed E-state index contributed by atoms with van der Waals surface area (Å²) >= 11 is 0. The van der Waals surface area contributed by atoms with Gasteiger partial charge in [0, 0.05) is 12.6 Å². The number of carbonyl (C=O) groups is 1. The van der Waals surface area contributed by atoms with E-state index < -0.39 is 17.9 Å². The van der Waals surface area contributed by atoms with Crippen molar-refractivity contribution in [3.8, 4) is 17.3 Å². The average molecular weight is 525 g/mol. The molecule has 2 heterocycles. The molecule has 1 atom stereocenters. The van der Waals surface area contributed by atoms with Crippen LogP contribution in [0.3, 0.4) is 0 Å². The Balaban J connectivity index is 1.67. The maximum atomic E-state index is 13.1. The number of alkyl halides is 3. The summed E-state index contributed by atoms with van der Waals surface area (Å²) in [6.07, 6.45) is -2.62. The molecule has 0 spiro atoms. The molecule has 10 heteroatoms. The Kier molecular flexibility index (Phi) is 6.73. The molecule has 1 aliphatic rings. The van der Waals surface area contributed by atoms with Crippen LogP contribution < -0.4 is 10.1 Å². The van der Waals surface area contributed by atoms with E-state index in [1.165, 1.54) is 12.1 Å². The standard InChI is InChI=1S/C28H27F3N4O3/c1-16-5-3-8-20(13-16)23-14-22-24(35(23)15-18-9-11-21(12-10-18)28(29,30)31)25(32-17(2)19-6-4-7-19)34-26(33-22)38-27(36)37/h3,5,8-14,17,19H,4,6-7,15H2,1-2H3,(H,36,37)(H,32,33,34)/t17-/m1/s1. The van der Waals surface area contributed by atoms with Crippen LogP contribution >= 0.6 is 0 Å². The highest BCUT2D eigenvalue weighted by Crippen LogP contribution is 2.36. The molecule has 0 unspecified atom stereocenters. The van der Waals surface area contributed by atoms with E-state index in [9.17, 15) is 23.1 Å². The number of ether oxygens (including phenoxy) is 1. The molecule has 38 heavy (non-hydrogen) atoms. The van der Waals surface area contributed by atoms with Gasteiger partial charge in [0.25, 0.3) is 0 Å². The highest BCUT2D eigenvalue weighted by molar-refractivity contribution is 5.92. The number of aromatic nitrogens is 3. The SMILES string of the molecule is Cc1cccc(-c2cc3nc(OC(=O)O)nc(N[C@H](C)C4CCC4)c3n2Cc2ccc(C(F)(F)F)cc2)c1. The molecular formula is C28H27F3N4O3. The normalized spacial score (nSPS) is 14.8. The summed E-state index contributed by atoms with van der Waals surface area (Å²) in [5.41, 5.74) is 3.71. The van der Waals surface area contributed by atoms with Gasteiger partial charge in [0.2, 0.25) is 0 Å². The number of nitrogens with one attached hydrogen (secondary N) is 1. The van der Waals surface area contributed by atoms with Crippen LogP contribution in [-0.4, -0.2) is 31.8 Å². The van der Waals surface area contributed by atoms with Crippen molar-refractivity contribution in [1.82, 2.24) is 14.5 Å². The lowest BCUT2D eigenvalue weighted by Gasteiger charge is -2.32. The maximum Gasteiger partial charge on any atom is 0.513 e. The molecule has 0 aliphatic heterocycles. The minimum atomic E-state index is -4.42. The topological polar surface area (TPSA) is 89.3 Å². The van der Waals surface area contributed by atoms with Gasteiger partial charge in [-0.2, -0.15) is 23.1 Å². The largest absolute Gasteiger partial charge is 0.513 e. The molecule has 0 saturated heterocycles. The van der Waals surface area contributed by atoms with E-state index in [2.05, 4.69) is 22.2 Å². The van der Waals surface area contributed by atoms with Crippen molar-refractivity contribution in [2.45, 2.75) is 51.9 Å². The number of hydrogen-bond acceptors (Lipinski definition) is 5. The molecule has 1 fully saturated rings. The summed E-state index contributed by atoms with van der Waals surface area (Å²) in [6.45, 7) is 4.28. The molecule has 2 N–H and O–H groups in total. The Bertz CT molecular complexity index is 1480. The van der Waals surface area contributed by atoms with Crippen LogP contribution in [0.5, 0.6) is 6.01 Å². The molecule has 198 valence electrons. The number of nitrogens with zero attached hydrogens (tertiary/aromatic N) is 3. The monoisotopic (exact) mass is 524 g/mol. The van der Waals surface area contributed by atoms with Gasteiger partial charge in [-0.15, -0.1) is 0 Å². The van der Waals surface area contributed by atoms with Crippen molar-refractivity contribution in [3.63, 3.8) is 0 Å². The van der Waals surface area contributed by atoms with Crippen molar-refractivity contribution >= 4 is 23.0 Å². The summed E-state index contributed by atoms with van der Waals surface area (Å²) in [4.78, 5) is 20.0. The molecule has 2 aromatic heterocycles. The van der Waals surface area contributed by atoms with Gasteiger partial charge >= 0.3 is 18.3 Å².